The molecule has 5 unspecified atom stereocenters. The minimum absolute atomic E-state index is 0.0482. The quantitative estimate of drug-likeness (QED) is 0.523. The molecule has 2 aliphatic heterocycles. The highest BCUT2D eigenvalue weighted by atomic mass is 32.2. The SMILES string of the molecule is CC1(O)C2CC(Sc3ccccc3)OC2(C)C1OC(=O)CCCN1C(=O)C=CC1=O. The van der Waals surface area contributed by atoms with Gasteiger partial charge in [-0.3, -0.25) is 19.3 Å². The third-order valence-corrected chi connectivity index (χ3v) is 7.28. The number of thioether (sulfide) groups is 1. The number of imide groups is 1. The molecule has 8 heteroatoms. The second-order valence-electron chi connectivity index (χ2n) is 8.31. The van der Waals surface area contributed by atoms with Crippen LogP contribution in [0.4, 0.5) is 0 Å². The zero-order valence-electron chi connectivity index (χ0n) is 16.9. The van der Waals surface area contributed by atoms with E-state index in [1.54, 1.807) is 18.7 Å². The second-order valence-corrected chi connectivity index (χ2v) is 9.54. The first kappa shape index (κ1) is 21.1. The van der Waals surface area contributed by atoms with Crippen molar-refractivity contribution in [3.05, 3.63) is 42.5 Å². The van der Waals surface area contributed by atoms with Gasteiger partial charge in [0.25, 0.3) is 11.8 Å². The largest absolute Gasteiger partial charge is 0.456 e. The molecule has 0 radical (unpaired) electrons. The van der Waals surface area contributed by atoms with E-state index in [1.165, 1.54) is 12.2 Å². The van der Waals surface area contributed by atoms with E-state index in [2.05, 4.69) is 0 Å². The van der Waals surface area contributed by atoms with Crippen LogP contribution in [0.25, 0.3) is 0 Å². The molecule has 1 aliphatic carbocycles. The van der Waals surface area contributed by atoms with Crippen molar-refractivity contribution in [2.24, 2.45) is 5.92 Å². The highest BCUT2D eigenvalue weighted by molar-refractivity contribution is 7.99. The first-order chi connectivity index (χ1) is 14.2. The van der Waals surface area contributed by atoms with Crippen molar-refractivity contribution in [2.75, 3.05) is 6.54 Å². The number of ether oxygens (including phenoxy) is 2. The van der Waals surface area contributed by atoms with E-state index in [-0.39, 0.29) is 36.1 Å². The van der Waals surface area contributed by atoms with Gasteiger partial charge < -0.3 is 14.6 Å². The van der Waals surface area contributed by atoms with E-state index >= 15 is 0 Å². The number of amides is 2. The summed E-state index contributed by atoms with van der Waals surface area (Å²) in [5, 5.41) is 10.9. The molecule has 30 heavy (non-hydrogen) atoms. The maximum absolute atomic E-state index is 12.4. The van der Waals surface area contributed by atoms with Gasteiger partial charge in [-0.1, -0.05) is 30.0 Å². The molecule has 160 valence electrons. The van der Waals surface area contributed by atoms with Gasteiger partial charge in [0.15, 0.2) is 6.10 Å². The predicted molar refractivity (Wildman–Crippen MR) is 109 cm³/mol. The molecule has 2 heterocycles. The van der Waals surface area contributed by atoms with Crippen LogP contribution in [0.5, 0.6) is 0 Å². The van der Waals surface area contributed by atoms with Gasteiger partial charge in [-0.15, -0.1) is 0 Å². The Hall–Kier alpha value is -2.16. The maximum Gasteiger partial charge on any atom is 0.306 e. The van der Waals surface area contributed by atoms with Gasteiger partial charge in [0, 0.05) is 35.9 Å². The Kier molecular flexibility index (Phi) is 5.50. The summed E-state index contributed by atoms with van der Waals surface area (Å²) < 4.78 is 11.8. The van der Waals surface area contributed by atoms with Crippen molar-refractivity contribution in [1.82, 2.24) is 4.90 Å². The lowest BCUT2D eigenvalue weighted by Crippen LogP contribution is -2.74. The van der Waals surface area contributed by atoms with Crippen molar-refractivity contribution in [3.63, 3.8) is 0 Å². The molecule has 7 nitrogen and oxygen atoms in total. The number of hydrogen-bond donors (Lipinski definition) is 1. The number of benzene rings is 1. The van der Waals surface area contributed by atoms with E-state index in [0.717, 1.165) is 9.80 Å². The molecule has 1 aromatic carbocycles. The van der Waals surface area contributed by atoms with Crippen molar-refractivity contribution in [2.45, 2.75) is 60.7 Å². The van der Waals surface area contributed by atoms with Crippen LogP contribution in [0, 0.1) is 5.92 Å². The highest BCUT2D eigenvalue weighted by Gasteiger charge is 2.73. The third-order valence-electron chi connectivity index (χ3n) is 6.19. The molecule has 1 aromatic rings. The molecule has 3 aliphatic rings. The first-order valence-electron chi connectivity index (χ1n) is 10.1. The fraction of sp³-hybridized carbons (Fsp3) is 0.500. The molecule has 0 spiro atoms. The highest BCUT2D eigenvalue weighted by Crippen LogP contribution is 2.60. The number of carbonyl (C=O) groups is 3. The van der Waals surface area contributed by atoms with Gasteiger partial charge >= 0.3 is 5.97 Å². The summed E-state index contributed by atoms with van der Waals surface area (Å²) in [6.45, 7) is 3.73. The smallest absolute Gasteiger partial charge is 0.306 e. The van der Waals surface area contributed by atoms with Crippen molar-refractivity contribution in [3.8, 4) is 0 Å². The summed E-state index contributed by atoms with van der Waals surface area (Å²) >= 11 is 1.60. The Morgan fingerprint density at radius 3 is 2.57 bits per heavy atom. The van der Waals surface area contributed by atoms with Crippen LogP contribution in [0.1, 0.15) is 33.1 Å². The Balaban J connectivity index is 1.31. The average Bonchev–Trinajstić information content (AvgIpc) is 3.19. The average molecular weight is 432 g/mol. The van der Waals surface area contributed by atoms with E-state index in [1.807, 2.05) is 37.3 Å². The number of aliphatic hydroxyl groups is 1. The molecular formula is C22H25NO6S. The Bertz CT molecular complexity index is 867. The van der Waals surface area contributed by atoms with E-state index < -0.39 is 23.3 Å². The minimum Gasteiger partial charge on any atom is -0.456 e. The van der Waals surface area contributed by atoms with Gasteiger partial charge in [-0.25, -0.2) is 0 Å². The first-order valence-corrected chi connectivity index (χ1v) is 10.9. The monoisotopic (exact) mass is 431 g/mol. The van der Waals surface area contributed by atoms with Gasteiger partial charge in [0.1, 0.15) is 16.6 Å². The zero-order chi connectivity index (χ0) is 21.5. The lowest BCUT2D eigenvalue weighted by molar-refractivity contribution is -0.292. The number of nitrogens with zero attached hydrogens (tertiary/aromatic N) is 1. The maximum atomic E-state index is 12.4. The molecule has 4 rings (SSSR count). The summed E-state index contributed by atoms with van der Waals surface area (Å²) in [4.78, 5) is 37.7. The van der Waals surface area contributed by atoms with Crippen LogP contribution in [0.3, 0.4) is 0 Å². The summed E-state index contributed by atoms with van der Waals surface area (Å²) in [5.41, 5.74) is -2.03. The van der Waals surface area contributed by atoms with Crippen molar-refractivity contribution < 1.29 is 29.0 Å². The van der Waals surface area contributed by atoms with E-state index in [0.29, 0.717) is 12.8 Å². The summed E-state index contributed by atoms with van der Waals surface area (Å²) in [6, 6.07) is 9.91. The van der Waals surface area contributed by atoms with Crippen LogP contribution < -0.4 is 0 Å². The molecule has 5 atom stereocenters. The van der Waals surface area contributed by atoms with Gasteiger partial charge in [-0.05, 0) is 38.8 Å². The van der Waals surface area contributed by atoms with Crippen LogP contribution in [-0.4, -0.2) is 57.1 Å². The lowest BCUT2D eigenvalue weighted by Gasteiger charge is -2.58. The van der Waals surface area contributed by atoms with Gasteiger partial charge in [0.2, 0.25) is 0 Å². The van der Waals surface area contributed by atoms with Gasteiger partial charge in [0.05, 0.1) is 0 Å². The minimum atomic E-state index is -1.17. The zero-order valence-corrected chi connectivity index (χ0v) is 17.8. The molecule has 0 bridgehead atoms. The topological polar surface area (TPSA) is 93.1 Å². The standard InChI is InChI=1S/C22H25NO6S/c1-21(27)15-13-19(30-14-7-4-3-5-8-14)29-22(15,2)20(21)28-18(26)9-6-12-23-16(24)10-11-17(23)25/h3-5,7-8,10-11,15,19-20,27H,6,9,12-13H2,1-2H3. The number of esters is 1. The number of rotatable bonds is 7. The molecule has 1 N–H and O–H groups in total. The summed E-state index contributed by atoms with van der Waals surface area (Å²) in [6.07, 6.45) is 2.69. The molecule has 0 aromatic heterocycles. The summed E-state index contributed by atoms with van der Waals surface area (Å²) in [7, 11) is 0. The Morgan fingerprint density at radius 2 is 1.90 bits per heavy atom. The molecule has 2 amide bonds. The molecule has 1 saturated carbocycles. The normalized spacial score (nSPS) is 34.8. The molecular weight excluding hydrogens is 406 g/mol. The Morgan fingerprint density at radius 1 is 1.23 bits per heavy atom. The van der Waals surface area contributed by atoms with E-state index in [4.69, 9.17) is 9.47 Å². The van der Waals surface area contributed by atoms with Crippen molar-refractivity contribution in [1.29, 1.82) is 0 Å². The third kappa shape index (κ3) is 3.68. The van der Waals surface area contributed by atoms with Crippen molar-refractivity contribution >= 4 is 29.5 Å². The van der Waals surface area contributed by atoms with Crippen LogP contribution >= 0.6 is 11.8 Å². The van der Waals surface area contributed by atoms with Crippen LogP contribution in [0.15, 0.2) is 47.4 Å². The fourth-order valence-electron chi connectivity index (χ4n) is 4.75. The lowest BCUT2D eigenvalue weighted by atomic mass is 9.57. The number of hydrogen-bond acceptors (Lipinski definition) is 7. The van der Waals surface area contributed by atoms with Crippen LogP contribution in [0.2, 0.25) is 0 Å². The number of carbonyl (C=O) groups excluding carboxylic acids is 3. The predicted octanol–water partition coefficient (Wildman–Crippen LogP) is 2.28. The number of fused-ring (bicyclic) bond motifs is 1. The fourth-order valence-corrected chi connectivity index (χ4v) is 5.91. The molecule has 2 fully saturated rings. The van der Waals surface area contributed by atoms with E-state index in [9.17, 15) is 19.5 Å². The summed E-state index contributed by atoms with van der Waals surface area (Å²) in [5.74, 6) is -1.34. The van der Waals surface area contributed by atoms with Gasteiger partial charge in [-0.2, -0.15) is 0 Å². The molecule has 1 saturated heterocycles. The Labute approximate surface area is 179 Å². The second kappa shape index (κ2) is 7.83. The van der Waals surface area contributed by atoms with Crippen LogP contribution in [-0.2, 0) is 23.9 Å².